The summed E-state index contributed by atoms with van der Waals surface area (Å²) in [7, 11) is 1.89. The number of amides is 1. The zero-order valence-electron chi connectivity index (χ0n) is 15.6. The van der Waals surface area contributed by atoms with E-state index in [1.165, 1.54) is 0 Å². The number of imidazole rings is 1. The topological polar surface area (TPSA) is 56.1 Å². The van der Waals surface area contributed by atoms with Crippen molar-refractivity contribution in [2.45, 2.75) is 19.9 Å². The molecule has 0 unspecified atom stereocenters. The van der Waals surface area contributed by atoms with Gasteiger partial charge in [-0.25, -0.2) is 4.98 Å². The molecule has 0 fully saturated rings. The number of nitrogens with one attached hydrogen (secondary N) is 1. The molecule has 2 aromatic carbocycles. The Morgan fingerprint density at radius 3 is 2.44 bits per heavy atom. The zero-order chi connectivity index (χ0) is 19.4. The van der Waals surface area contributed by atoms with Crippen molar-refractivity contribution in [3.8, 4) is 5.75 Å². The lowest BCUT2D eigenvalue weighted by Crippen LogP contribution is -2.34. The molecular formula is C21H22ClN3O2. The van der Waals surface area contributed by atoms with E-state index in [0.29, 0.717) is 10.8 Å². The molecular weight excluding hydrogens is 362 g/mol. The van der Waals surface area contributed by atoms with Gasteiger partial charge in [0.1, 0.15) is 17.6 Å². The molecule has 0 bridgehead atoms. The predicted molar refractivity (Wildman–Crippen MR) is 106 cm³/mol. The largest absolute Gasteiger partial charge is 0.484 e. The first-order valence-electron chi connectivity index (χ1n) is 8.65. The minimum absolute atomic E-state index is 0.0720. The number of hydrogen-bond acceptors (Lipinski definition) is 3. The van der Waals surface area contributed by atoms with E-state index in [-0.39, 0.29) is 12.5 Å². The second-order valence-corrected chi connectivity index (χ2v) is 7.00. The summed E-state index contributed by atoms with van der Waals surface area (Å²) in [5, 5.41) is 3.65. The SMILES string of the molecule is Cc1cc(C)cc(OCC(=O)N[C@@H](c2ccc(Cl)cc2)c2nccn2C)c1. The van der Waals surface area contributed by atoms with Crippen molar-refractivity contribution >= 4 is 17.5 Å². The molecule has 0 aliphatic heterocycles. The van der Waals surface area contributed by atoms with Gasteiger partial charge in [0.15, 0.2) is 6.61 Å². The summed E-state index contributed by atoms with van der Waals surface area (Å²) in [6.45, 7) is 3.92. The van der Waals surface area contributed by atoms with Crippen molar-refractivity contribution in [3.63, 3.8) is 0 Å². The van der Waals surface area contributed by atoms with Gasteiger partial charge in [0.05, 0.1) is 0 Å². The van der Waals surface area contributed by atoms with Crippen LogP contribution < -0.4 is 10.1 Å². The normalized spacial score (nSPS) is 11.9. The van der Waals surface area contributed by atoms with Crippen LogP contribution in [0.3, 0.4) is 0 Å². The Labute approximate surface area is 164 Å². The second kappa shape index (κ2) is 8.27. The van der Waals surface area contributed by atoms with Crippen molar-refractivity contribution in [3.05, 3.63) is 82.4 Å². The first kappa shape index (κ1) is 19.0. The molecule has 0 aliphatic rings. The lowest BCUT2D eigenvalue weighted by atomic mass is 10.1. The Kier molecular flexibility index (Phi) is 5.81. The van der Waals surface area contributed by atoms with Gasteiger partial charge in [-0.15, -0.1) is 0 Å². The summed E-state index contributed by atoms with van der Waals surface area (Å²) >= 11 is 5.99. The van der Waals surface area contributed by atoms with Crippen LogP contribution in [0, 0.1) is 13.8 Å². The molecule has 0 saturated heterocycles. The molecule has 27 heavy (non-hydrogen) atoms. The van der Waals surface area contributed by atoms with E-state index in [1.54, 1.807) is 18.3 Å². The molecule has 1 amide bonds. The maximum atomic E-state index is 12.5. The lowest BCUT2D eigenvalue weighted by Gasteiger charge is -2.19. The van der Waals surface area contributed by atoms with Crippen molar-refractivity contribution in [2.75, 3.05) is 6.61 Å². The van der Waals surface area contributed by atoms with Crippen LogP contribution in [0.2, 0.25) is 5.02 Å². The zero-order valence-corrected chi connectivity index (χ0v) is 16.3. The van der Waals surface area contributed by atoms with Gasteiger partial charge in [-0.05, 0) is 54.8 Å². The fourth-order valence-corrected chi connectivity index (χ4v) is 3.10. The van der Waals surface area contributed by atoms with Crippen LogP contribution in [0.15, 0.2) is 54.9 Å². The summed E-state index contributed by atoms with van der Waals surface area (Å²) in [5.74, 6) is 1.19. The van der Waals surface area contributed by atoms with Gasteiger partial charge in [-0.2, -0.15) is 0 Å². The minimum atomic E-state index is -0.391. The van der Waals surface area contributed by atoms with Crippen LogP contribution in [0.4, 0.5) is 0 Å². The van der Waals surface area contributed by atoms with Crippen molar-refractivity contribution < 1.29 is 9.53 Å². The predicted octanol–water partition coefficient (Wildman–Crippen LogP) is 3.97. The highest BCUT2D eigenvalue weighted by atomic mass is 35.5. The van der Waals surface area contributed by atoms with Gasteiger partial charge in [0.2, 0.25) is 0 Å². The molecule has 0 saturated carbocycles. The Hall–Kier alpha value is -2.79. The molecule has 6 heteroatoms. The third kappa shape index (κ3) is 4.89. The van der Waals surface area contributed by atoms with E-state index in [0.717, 1.165) is 22.5 Å². The van der Waals surface area contributed by atoms with Crippen molar-refractivity contribution in [2.24, 2.45) is 7.05 Å². The van der Waals surface area contributed by atoms with Crippen molar-refractivity contribution in [1.29, 1.82) is 0 Å². The average Bonchev–Trinajstić information content (AvgIpc) is 3.04. The van der Waals surface area contributed by atoms with Gasteiger partial charge in [-0.1, -0.05) is 29.8 Å². The third-order valence-electron chi connectivity index (χ3n) is 4.19. The summed E-state index contributed by atoms with van der Waals surface area (Å²) in [5.41, 5.74) is 3.09. The van der Waals surface area contributed by atoms with E-state index in [2.05, 4.69) is 16.4 Å². The highest BCUT2D eigenvalue weighted by molar-refractivity contribution is 6.30. The van der Waals surface area contributed by atoms with Gasteiger partial charge in [-0.3, -0.25) is 4.79 Å². The first-order valence-corrected chi connectivity index (χ1v) is 9.03. The van der Waals surface area contributed by atoms with E-state index in [9.17, 15) is 4.79 Å². The Bertz CT molecular complexity index is 915. The number of halogens is 1. The number of aromatic nitrogens is 2. The molecule has 3 aromatic rings. The summed E-state index contributed by atoms with van der Waals surface area (Å²) in [6, 6.07) is 12.9. The second-order valence-electron chi connectivity index (χ2n) is 6.56. The van der Waals surface area contributed by atoms with Crippen LogP contribution in [-0.2, 0) is 11.8 Å². The molecule has 140 valence electrons. The molecule has 0 spiro atoms. The Morgan fingerprint density at radius 1 is 1.19 bits per heavy atom. The summed E-state index contributed by atoms with van der Waals surface area (Å²) in [4.78, 5) is 16.9. The molecule has 1 heterocycles. The van der Waals surface area contributed by atoms with E-state index >= 15 is 0 Å². The van der Waals surface area contributed by atoms with Crippen LogP contribution in [-0.4, -0.2) is 22.1 Å². The smallest absolute Gasteiger partial charge is 0.258 e. The monoisotopic (exact) mass is 383 g/mol. The molecule has 0 radical (unpaired) electrons. The van der Waals surface area contributed by atoms with E-state index in [1.807, 2.05) is 55.9 Å². The Balaban J connectivity index is 1.74. The maximum Gasteiger partial charge on any atom is 0.258 e. The van der Waals surface area contributed by atoms with Gasteiger partial charge >= 0.3 is 0 Å². The molecule has 0 aliphatic carbocycles. The summed E-state index contributed by atoms with van der Waals surface area (Å²) in [6.07, 6.45) is 3.55. The Morgan fingerprint density at radius 2 is 1.85 bits per heavy atom. The first-order chi connectivity index (χ1) is 12.9. The quantitative estimate of drug-likeness (QED) is 0.700. The lowest BCUT2D eigenvalue weighted by molar-refractivity contribution is -0.123. The number of benzene rings is 2. The van der Waals surface area contributed by atoms with E-state index in [4.69, 9.17) is 16.3 Å². The van der Waals surface area contributed by atoms with Crippen molar-refractivity contribution in [1.82, 2.24) is 14.9 Å². The van der Waals surface area contributed by atoms with Crippen LogP contribution in [0.1, 0.15) is 28.6 Å². The standard InChI is InChI=1S/C21H22ClN3O2/c1-14-10-15(2)12-18(11-14)27-13-19(26)24-20(21-23-8-9-25(21)3)16-4-6-17(22)7-5-16/h4-12,20H,13H2,1-3H3,(H,24,26)/t20-/m0/s1. The van der Waals surface area contributed by atoms with Gasteiger partial charge in [0.25, 0.3) is 5.91 Å². The minimum Gasteiger partial charge on any atom is -0.484 e. The van der Waals surface area contributed by atoms with E-state index < -0.39 is 6.04 Å². The molecule has 1 aromatic heterocycles. The number of nitrogens with zero attached hydrogens (tertiary/aromatic N) is 2. The fourth-order valence-electron chi connectivity index (χ4n) is 2.98. The third-order valence-corrected chi connectivity index (χ3v) is 4.44. The highest BCUT2D eigenvalue weighted by Crippen LogP contribution is 2.22. The van der Waals surface area contributed by atoms with Crippen LogP contribution >= 0.6 is 11.6 Å². The van der Waals surface area contributed by atoms with Gasteiger partial charge < -0.3 is 14.6 Å². The summed E-state index contributed by atoms with van der Waals surface area (Å²) < 4.78 is 7.55. The number of aryl methyl sites for hydroxylation is 3. The number of rotatable bonds is 6. The van der Waals surface area contributed by atoms with Crippen LogP contribution in [0.25, 0.3) is 0 Å². The fraction of sp³-hybridized carbons (Fsp3) is 0.238. The molecule has 1 N–H and O–H groups in total. The van der Waals surface area contributed by atoms with Gasteiger partial charge in [0, 0.05) is 24.5 Å². The molecule has 5 nitrogen and oxygen atoms in total. The maximum absolute atomic E-state index is 12.5. The number of hydrogen-bond donors (Lipinski definition) is 1. The number of ether oxygens (including phenoxy) is 1. The number of carbonyl (C=O) groups is 1. The molecule has 1 atom stereocenters. The van der Waals surface area contributed by atoms with Crippen LogP contribution in [0.5, 0.6) is 5.75 Å². The number of carbonyl (C=O) groups excluding carboxylic acids is 1. The average molecular weight is 384 g/mol. The molecule has 3 rings (SSSR count). The highest BCUT2D eigenvalue weighted by Gasteiger charge is 2.21.